The van der Waals surface area contributed by atoms with Crippen LogP contribution >= 0.6 is 0 Å². The molecule has 148 valence electrons. The summed E-state index contributed by atoms with van der Waals surface area (Å²) in [5, 5.41) is 0.594. The smallest absolute Gasteiger partial charge is 0.416 e. The Morgan fingerprint density at radius 1 is 0.964 bits per heavy atom. The molecule has 1 aromatic heterocycles. The summed E-state index contributed by atoms with van der Waals surface area (Å²) in [6.07, 6.45) is -2.12. The van der Waals surface area contributed by atoms with E-state index in [4.69, 9.17) is 15.2 Å². The number of aromatic amines is 1. The summed E-state index contributed by atoms with van der Waals surface area (Å²) in [5.74, 6) is 1.32. The van der Waals surface area contributed by atoms with Crippen molar-refractivity contribution in [3.8, 4) is 22.8 Å². The third-order valence-electron chi connectivity index (χ3n) is 4.95. The summed E-state index contributed by atoms with van der Waals surface area (Å²) in [6.45, 7) is 1.53. The minimum atomic E-state index is -4.38. The van der Waals surface area contributed by atoms with Crippen molar-refractivity contribution in [3.63, 3.8) is 0 Å². The Hall–Kier alpha value is -2.67. The first-order chi connectivity index (χ1) is 13.5. The van der Waals surface area contributed by atoms with Crippen molar-refractivity contribution in [1.82, 2.24) is 4.98 Å². The van der Waals surface area contributed by atoms with Gasteiger partial charge in [-0.2, -0.15) is 13.2 Å². The SMILES string of the molecule is NCCCCc1c(-c2ccc3c(c2)OCCO3)[nH]c2ccc(C(F)(F)F)cc12. The van der Waals surface area contributed by atoms with E-state index < -0.39 is 11.7 Å². The zero-order valence-corrected chi connectivity index (χ0v) is 15.2. The number of H-pyrrole nitrogens is 1. The molecule has 2 aromatic carbocycles. The van der Waals surface area contributed by atoms with Crippen LogP contribution in [0.5, 0.6) is 11.5 Å². The highest BCUT2D eigenvalue weighted by Gasteiger charge is 2.31. The number of rotatable bonds is 5. The summed E-state index contributed by atoms with van der Waals surface area (Å²) in [4.78, 5) is 3.30. The number of benzene rings is 2. The van der Waals surface area contributed by atoms with Gasteiger partial charge in [-0.15, -0.1) is 0 Å². The van der Waals surface area contributed by atoms with E-state index in [1.165, 1.54) is 12.1 Å². The van der Waals surface area contributed by atoms with Crippen molar-refractivity contribution in [2.24, 2.45) is 5.73 Å². The number of alkyl halides is 3. The summed E-state index contributed by atoms with van der Waals surface area (Å²) in [5.41, 5.74) is 8.17. The number of hydrogen-bond donors (Lipinski definition) is 2. The number of nitrogens with one attached hydrogen (secondary N) is 1. The van der Waals surface area contributed by atoms with Crippen molar-refractivity contribution in [3.05, 3.63) is 47.5 Å². The number of halogens is 3. The van der Waals surface area contributed by atoms with Crippen LogP contribution in [0.1, 0.15) is 24.0 Å². The maximum absolute atomic E-state index is 13.2. The van der Waals surface area contributed by atoms with Gasteiger partial charge in [0, 0.05) is 22.2 Å². The summed E-state index contributed by atoms with van der Waals surface area (Å²) in [6, 6.07) is 9.43. The van der Waals surface area contributed by atoms with Crippen molar-refractivity contribution in [1.29, 1.82) is 0 Å². The molecule has 0 amide bonds. The first-order valence-electron chi connectivity index (χ1n) is 9.29. The van der Waals surface area contributed by atoms with Gasteiger partial charge in [-0.05, 0) is 67.8 Å². The predicted octanol–water partition coefficient (Wildman–Crippen LogP) is 4.91. The Morgan fingerprint density at radius 3 is 2.50 bits per heavy atom. The molecule has 28 heavy (non-hydrogen) atoms. The van der Waals surface area contributed by atoms with Crippen molar-refractivity contribution in [2.45, 2.75) is 25.4 Å². The fourth-order valence-electron chi connectivity index (χ4n) is 3.58. The van der Waals surface area contributed by atoms with Gasteiger partial charge < -0.3 is 20.2 Å². The van der Waals surface area contributed by atoms with Gasteiger partial charge in [0.25, 0.3) is 0 Å². The van der Waals surface area contributed by atoms with Crippen LogP contribution in [-0.4, -0.2) is 24.7 Å². The number of nitrogens with two attached hydrogens (primary N) is 1. The summed E-state index contributed by atoms with van der Waals surface area (Å²) < 4.78 is 50.9. The predicted molar refractivity (Wildman–Crippen MR) is 102 cm³/mol. The molecule has 3 aromatic rings. The number of ether oxygens (including phenoxy) is 2. The maximum atomic E-state index is 13.2. The minimum absolute atomic E-state index is 0.474. The third-order valence-corrected chi connectivity index (χ3v) is 4.95. The molecule has 0 aliphatic carbocycles. The highest BCUT2D eigenvalue weighted by Crippen LogP contribution is 2.39. The third kappa shape index (κ3) is 3.54. The Kier molecular flexibility index (Phi) is 4.93. The molecule has 0 fully saturated rings. The Bertz CT molecular complexity index is 995. The topological polar surface area (TPSA) is 60.3 Å². The number of aromatic nitrogens is 1. The Balaban J connectivity index is 1.83. The van der Waals surface area contributed by atoms with E-state index in [0.29, 0.717) is 48.6 Å². The first-order valence-corrected chi connectivity index (χ1v) is 9.29. The van der Waals surface area contributed by atoms with Crippen LogP contribution in [0.3, 0.4) is 0 Å². The number of fused-ring (bicyclic) bond motifs is 2. The average molecular weight is 390 g/mol. The van der Waals surface area contributed by atoms with Crippen molar-refractivity contribution in [2.75, 3.05) is 19.8 Å². The molecule has 0 bridgehead atoms. The van der Waals surface area contributed by atoms with Gasteiger partial charge in [-0.25, -0.2) is 0 Å². The summed E-state index contributed by atoms with van der Waals surface area (Å²) >= 11 is 0. The fourth-order valence-corrected chi connectivity index (χ4v) is 3.58. The normalized spacial score (nSPS) is 13.9. The molecule has 0 atom stereocenters. The van der Waals surface area contributed by atoms with E-state index in [-0.39, 0.29) is 0 Å². The van der Waals surface area contributed by atoms with Crippen LogP contribution in [0.2, 0.25) is 0 Å². The highest BCUT2D eigenvalue weighted by molar-refractivity contribution is 5.91. The van der Waals surface area contributed by atoms with Crippen LogP contribution in [0, 0.1) is 0 Å². The largest absolute Gasteiger partial charge is 0.486 e. The van der Waals surface area contributed by atoms with Gasteiger partial charge in [-0.3, -0.25) is 0 Å². The quantitative estimate of drug-likeness (QED) is 0.609. The Morgan fingerprint density at radius 2 is 1.75 bits per heavy atom. The molecular weight excluding hydrogens is 369 g/mol. The van der Waals surface area contributed by atoms with Gasteiger partial charge in [0.15, 0.2) is 11.5 Å². The molecule has 0 saturated heterocycles. The molecule has 0 spiro atoms. The zero-order valence-electron chi connectivity index (χ0n) is 15.2. The van der Waals surface area contributed by atoms with Crippen LogP contribution in [0.15, 0.2) is 36.4 Å². The second-order valence-electron chi connectivity index (χ2n) is 6.84. The molecule has 7 heteroatoms. The van der Waals surface area contributed by atoms with E-state index in [2.05, 4.69) is 4.98 Å². The molecule has 1 aliphatic rings. The molecule has 0 saturated carbocycles. The lowest BCUT2D eigenvalue weighted by Gasteiger charge is -2.19. The Labute approximate surface area is 160 Å². The molecule has 0 radical (unpaired) electrons. The van der Waals surface area contributed by atoms with Crippen LogP contribution in [-0.2, 0) is 12.6 Å². The maximum Gasteiger partial charge on any atom is 0.416 e. The summed E-state index contributed by atoms with van der Waals surface area (Å²) in [7, 11) is 0. The lowest BCUT2D eigenvalue weighted by molar-refractivity contribution is -0.137. The van der Waals surface area contributed by atoms with E-state index in [1.807, 2.05) is 18.2 Å². The van der Waals surface area contributed by atoms with Crippen molar-refractivity contribution >= 4 is 10.9 Å². The lowest BCUT2D eigenvalue weighted by Crippen LogP contribution is -2.15. The van der Waals surface area contributed by atoms with Crippen LogP contribution < -0.4 is 15.2 Å². The lowest BCUT2D eigenvalue weighted by atomic mass is 9.99. The molecule has 0 unspecified atom stereocenters. The van der Waals surface area contributed by atoms with Gasteiger partial charge in [-0.1, -0.05) is 0 Å². The van der Waals surface area contributed by atoms with E-state index in [9.17, 15) is 13.2 Å². The second-order valence-corrected chi connectivity index (χ2v) is 6.84. The minimum Gasteiger partial charge on any atom is -0.486 e. The van der Waals surface area contributed by atoms with Crippen molar-refractivity contribution < 1.29 is 22.6 Å². The second kappa shape index (κ2) is 7.39. The molecule has 3 N–H and O–H groups in total. The monoisotopic (exact) mass is 390 g/mol. The number of unbranched alkanes of at least 4 members (excludes halogenated alkanes) is 1. The molecule has 2 heterocycles. The standard InChI is InChI=1S/C21H21F3N2O2/c22-21(23,24)14-5-6-17-16(12-14)15(3-1-2-8-25)20(26-17)13-4-7-18-19(11-13)28-10-9-27-18/h4-7,11-12,26H,1-3,8-10,25H2. The van der Waals surface area contributed by atoms with Gasteiger partial charge in [0.2, 0.25) is 0 Å². The van der Waals surface area contributed by atoms with Gasteiger partial charge >= 0.3 is 6.18 Å². The zero-order chi connectivity index (χ0) is 19.7. The van der Waals surface area contributed by atoms with Gasteiger partial charge in [0.05, 0.1) is 5.56 Å². The molecule has 4 rings (SSSR count). The van der Waals surface area contributed by atoms with Gasteiger partial charge in [0.1, 0.15) is 13.2 Å². The number of hydrogen-bond acceptors (Lipinski definition) is 3. The first kappa shape index (κ1) is 18.7. The molecular formula is C21H21F3N2O2. The van der Waals surface area contributed by atoms with E-state index in [1.54, 1.807) is 0 Å². The fraction of sp³-hybridized carbons (Fsp3) is 0.333. The van der Waals surface area contributed by atoms with E-state index in [0.717, 1.165) is 35.7 Å². The van der Waals surface area contributed by atoms with Crippen LogP contribution in [0.4, 0.5) is 13.2 Å². The average Bonchev–Trinajstić information content (AvgIpc) is 3.05. The molecule has 4 nitrogen and oxygen atoms in total. The number of aryl methyl sites for hydroxylation is 1. The van der Waals surface area contributed by atoms with E-state index >= 15 is 0 Å². The highest BCUT2D eigenvalue weighted by atomic mass is 19.4. The molecule has 1 aliphatic heterocycles. The van der Waals surface area contributed by atoms with Crippen LogP contribution in [0.25, 0.3) is 22.2 Å².